The van der Waals surface area contributed by atoms with E-state index in [1.54, 1.807) is 0 Å². The minimum absolute atomic E-state index is 0.263. The SMILES string of the molecule is C/C=C/CCC(O)/C=C/C. The van der Waals surface area contributed by atoms with E-state index >= 15 is 0 Å². The first-order chi connectivity index (χ1) is 4.81. The second-order valence-electron chi connectivity index (χ2n) is 2.24. The van der Waals surface area contributed by atoms with Crippen molar-refractivity contribution in [2.24, 2.45) is 0 Å². The Morgan fingerprint density at radius 1 is 1.30 bits per heavy atom. The number of allylic oxidation sites excluding steroid dienone is 3. The van der Waals surface area contributed by atoms with E-state index in [2.05, 4.69) is 6.08 Å². The maximum absolute atomic E-state index is 9.16. The number of aliphatic hydroxyl groups is 1. The molecule has 0 aromatic carbocycles. The van der Waals surface area contributed by atoms with Gasteiger partial charge in [-0.15, -0.1) is 0 Å². The van der Waals surface area contributed by atoms with Crippen LogP contribution in [-0.4, -0.2) is 11.2 Å². The van der Waals surface area contributed by atoms with Gasteiger partial charge in [0.2, 0.25) is 0 Å². The minimum atomic E-state index is -0.263. The van der Waals surface area contributed by atoms with E-state index in [0.717, 1.165) is 12.8 Å². The Morgan fingerprint density at radius 3 is 2.50 bits per heavy atom. The molecule has 1 heteroatoms. The van der Waals surface area contributed by atoms with Crippen LogP contribution in [0.15, 0.2) is 24.3 Å². The molecular formula is C9H16O. The molecule has 0 bridgehead atoms. The predicted octanol–water partition coefficient (Wildman–Crippen LogP) is 2.28. The van der Waals surface area contributed by atoms with Crippen molar-refractivity contribution >= 4 is 0 Å². The summed E-state index contributed by atoms with van der Waals surface area (Å²) in [5, 5.41) is 9.16. The molecule has 0 spiro atoms. The summed E-state index contributed by atoms with van der Waals surface area (Å²) in [7, 11) is 0. The molecule has 1 N–H and O–H groups in total. The topological polar surface area (TPSA) is 20.2 Å². The molecule has 0 aliphatic carbocycles. The Hall–Kier alpha value is -0.560. The smallest absolute Gasteiger partial charge is 0.0723 e. The lowest BCUT2D eigenvalue weighted by Gasteiger charge is -2.00. The zero-order valence-electron chi connectivity index (χ0n) is 6.75. The lowest BCUT2D eigenvalue weighted by atomic mass is 10.2. The van der Waals surface area contributed by atoms with Gasteiger partial charge >= 0.3 is 0 Å². The van der Waals surface area contributed by atoms with Crippen molar-refractivity contribution in [3.8, 4) is 0 Å². The van der Waals surface area contributed by atoms with Crippen molar-refractivity contribution in [2.75, 3.05) is 0 Å². The van der Waals surface area contributed by atoms with Crippen LogP contribution in [0.2, 0.25) is 0 Å². The van der Waals surface area contributed by atoms with E-state index in [9.17, 15) is 0 Å². The lowest BCUT2D eigenvalue weighted by molar-refractivity contribution is 0.214. The fourth-order valence-electron chi connectivity index (χ4n) is 0.752. The number of rotatable bonds is 4. The monoisotopic (exact) mass is 140 g/mol. The van der Waals surface area contributed by atoms with Gasteiger partial charge in [0, 0.05) is 0 Å². The zero-order chi connectivity index (χ0) is 7.82. The highest BCUT2D eigenvalue weighted by molar-refractivity contribution is 4.87. The average Bonchev–Trinajstić information content (AvgIpc) is 1.89. The highest BCUT2D eigenvalue weighted by atomic mass is 16.3. The standard InChI is InChI=1S/C9H16O/c1-3-5-6-8-9(10)7-4-2/h3-5,7,9-10H,6,8H2,1-2H3/b5-3+,7-4+. The van der Waals surface area contributed by atoms with Crippen molar-refractivity contribution in [1.82, 2.24) is 0 Å². The molecule has 0 radical (unpaired) electrons. The van der Waals surface area contributed by atoms with Crippen molar-refractivity contribution in [2.45, 2.75) is 32.8 Å². The molecule has 0 amide bonds. The number of hydrogen-bond donors (Lipinski definition) is 1. The largest absolute Gasteiger partial charge is 0.389 e. The van der Waals surface area contributed by atoms with Crippen molar-refractivity contribution in [3.05, 3.63) is 24.3 Å². The fourth-order valence-corrected chi connectivity index (χ4v) is 0.752. The molecule has 0 aliphatic rings. The fraction of sp³-hybridized carbons (Fsp3) is 0.556. The summed E-state index contributed by atoms with van der Waals surface area (Å²) in [6, 6.07) is 0. The van der Waals surface area contributed by atoms with E-state index < -0.39 is 0 Å². The molecule has 10 heavy (non-hydrogen) atoms. The quantitative estimate of drug-likeness (QED) is 0.594. The maximum atomic E-state index is 9.16. The molecule has 1 atom stereocenters. The molecule has 58 valence electrons. The Morgan fingerprint density at radius 2 is 2.00 bits per heavy atom. The second kappa shape index (κ2) is 6.56. The van der Waals surface area contributed by atoms with Crippen LogP contribution in [-0.2, 0) is 0 Å². The molecule has 0 saturated carbocycles. The summed E-state index contributed by atoms with van der Waals surface area (Å²) >= 11 is 0. The molecule has 0 aromatic rings. The highest BCUT2D eigenvalue weighted by Gasteiger charge is 1.93. The normalized spacial score (nSPS) is 15.1. The Labute approximate surface area is 63.1 Å². The third-order valence-corrected chi connectivity index (χ3v) is 1.28. The maximum Gasteiger partial charge on any atom is 0.0723 e. The second-order valence-corrected chi connectivity index (χ2v) is 2.24. The van der Waals surface area contributed by atoms with Gasteiger partial charge in [-0.05, 0) is 26.7 Å². The van der Waals surface area contributed by atoms with Gasteiger partial charge in [0.25, 0.3) is 0 Å². The average molecular weight is 140 g/mol. The summed E-state index contributed by atoms with van der Waals surface area (Å²) in [6.45, 7) is 3.90. The Balaban J connectivity index is 3.30. The van der Waals surface area contributed by atoms with Gasteiger partial charge in [0.05, 0.1) is 6.10 Å². The van der Waals surface area contributed by atoms with E-state index in [0.29, 0.717) is 0 Å². The molecule has 0 fully saturated rings. The summed E-state index contributed by atoms with van der Waals surface area (Å²) in [5.41, 5.74) is 0. The van der Waals surface area contributed by atoms with Crippen LogP contribution in [0.1, 0.15) is 26.7 Å². The van der Waals surface area contributed by atoms with Gasteiger partial charge in [0.1, 0.15) is 0 Å². The van der Waals surface area contributed by atoms with Crippen LogP contribution < -0.4 is 0 Å². The van der Waals surface area contributed by atoms with E-state index in [1.165, 1.54) is 0 Å². The Kier molecular flexibility index (Phi) is 6.19. The van der Waals surface area contributed by atoms with Crippen LogP contribution in [0.5, 0.6) is 0 Å². The first kappa shape index (κ1) is 9.44. The summed E-state index contributed by atoms with van der Waals surface area (Å²) in [4.78, 5) is 0. The van der Waals surface area contributed by atoms with Gasteiger partial charge in [-0.3, -0.25) is 0 Å². The molecule has 0 rings (SSSR count). The third-order valence-electron chi connectivity index (χ3n) is 1.28. The summed E-state index contributed by atoms with van der Waals surface area (Å²) in [5.74, 6) is 0. The highest BCUT2D eigenvalue weighted by Crippen LogP contribution is 1.98. The van der Waals surface area contributed by atoms with Crippen molar-refractivity contribution in [1.29, 1.82) is 0 Å². The van der Waals surface area contributed by atoms with Crippen LogP contribution >= 0.6 is 0 Å². The summed E-state index contributed by atoms with van der Waals surface area (Å²) < 4.78 is 0. The number of hydrogen-bond acceptors (Lipinski definition) is 1. The first-order valence-electron chi connectivity index (χ1n) is 3.73. The van der Waals surface area contributed by atoms with Crippen LogP contribution in [0.3, 0.4) is 0 Å². The first-order valence-corrected chi connectivity index (χ1v) is 3.73. The van der Waals surface area contributed by atoms with E-state index in [-0.39, 0.29) is 6.10 Å². The number of aliphatic hydroxyl groups excluding tert-OH is 1. The predicted molar refractivity (Wildman–Crippen MR) is 44.9 cm³/mol. The Bertz CT molecular complexity index is 114. The van der Waals surface area contributed by atoms with Crippen LogP contribution in [0, 0.1) is 0 Å². The van der Waals surface area contributed by atoms with E-state index in [1.807, 2.05) is 32.1 Å². The van der Waals surface area contributed by atoms with Gasteiger partial charge in [-0.25, -0.2) is 0 Å². The third kappa shape index (κ3) is 5.57. The van der Waals surface area contributed by atoms with Crippen molar-refractivity contribution in [3.63, 3.8) is 0 Å². The lowest BCUT2D eigenvalue weighted by Crippen LogP contribution is -1.99. The molecule has 0 aromatic heterocycles. The van der Waals surface area contributed by atoms with Gasteiger partial charge in [-0.2, -0.15) is 0 Å². The van der Waals surface area contributed by atoms with Crippen LogP contribution in [0.4, 0.5) is 0 Å². The van der Waals surface area contributed by atoms with E-state index in [4.69, 9.17) is 5.11 Å². The van der Waals surface area contributed by atoms with Gasteiger partial charge in [0.15, 0.2) is 0 Å². The molecular weight excluding hydrogens is 124 g/mol. The molecule has 0 heterocycles. The summed E-state index contributed by atoms with van der Waals surface area (Å²) in [6.07, 6.45) is 9.27. The molecule has 1 nitrogen and oxygen atoms in total. The van der Waals surface area contributed by atoms with Gasteiger partial charge in [-0.1, -0.05) is 24.3 Å². The van der Waals surface area contributed by atoms with Gasteiger partial charge < -0.3 is 5.11 Å². The molecule has 1 unspecified atom stereocenters. The zero-order valence-corrected chi connectivity index (χ0v) is 6.75. The minimum Gasteiger partial charge on any atom is -0.389 e. The van der Waals surface area contributed by atoms with Crippen LogP contribution in [0.25, 0.3) is 0 Å². The van der Waals surface area contributed by atoms with Crippen molar-refractivity contribution < 1.29 is 5.11 Å². The molecule has 0 saturated heterocycles. The molecule has 0 aliphatic heterocycles.